The molecule has 2 rings (SSSR count). The van der Waals surface area contributed by atoms with Crippen LogP contribution in [0.2, 0.25) is 0 Å². The molecular formula is C14H14N2O2S. The zero-order valence-electron chi connectivity index (χ0n) is 10.4. The van der Waals surface area contributed by atoms with Crippen LogP contribution in [0.5, 0.6) is 0 Å². The lowest BCUT2D eigenvalue weighted by molar-refractivity contribution is 0.609. The molecular weight excluding hydrogens is 260 g/mol. The van der Waals surface area contributed by atoms with Crippen molar-refractivity contribution < 1.29 is 8.42 Å². The second kappa shape index (κ2) is 5.67. The number of hydrogen-bond donors (Lipinski definition) is 1. The highest BCUT2D eigenvalue weighted by Crippen LogP contribution is 2.11. The Kier molecular flexibility index (Phi) is 3.97. The van der Waals surface area contributed by atoms with Crippen molar-refractivity contribution in [3.63, 3.8) is 0 Å². The van der Waals surface area contributed by atoms with E-state index in [2.05, 4.69) is 9.71 Å². The lowest BCUT2D eigenvalue weighted by atomic mass is 10.2. The van der Waals surface area contributed by atoms with Gasteiger partial charge in [-0.05, 0) is 30.7 Å². The van der Waals surface area contributed by atoms with Crippen LogP contribution in [0.4, 0.5) is 5.69 Å². The number of hydrogen-bond acceptors (Lipinski definition) is 3. The van der Waals surface area contributed by atoms with Crippen molar-refractivity contribution in [2.45, 2.75) is 6.92 Å². The van der Waals surface area contributed by atoms with Crippen LogP contribution in [0, 0.1) is 6.92 Å². The summed E-state index contributed by atoms with van der Waals surface area (Å²) in [6, 6.07) is 12.5. The van der Waals surface area contributed by atoms with Gasteiger partial charge in [-0.25, -0.2) is 8.42 Å². The average Bonchev–Trinajstić information content (AvgIpc) is 2.37. The molecule has 0 radical (unpaired) electrons. The van der Waals surface area contributed by atoms with Gasteiger partial charge in [0.25, 0.3) is 10.0 Å². The molecule has 0 aliphatic carbocycles. The fourth-order valence-electron chi connectivity index (χ4n) is 1.54. The van der Waals surface area contributed by atoms with Gasteiger partial charge in [0.15, 0.2) is 0 Å². The molecule has 19 heavy (non-hydrogen) atoms. The SMILES string of the molecule is Cc1cc(NS(=O)(=O)/C=C\c2ccccc2)ccn1. The molecule has 1 heterocycles. The summed E-state index contributed by atoms with van der Waals surface area (Å²) in [6.45, 7) is 1.80. The molecule has 1 aromatic carbocycles. The van der Waals surface area contributed by atoms with Crippen molar-refractivity contribution in [2.24, 2.45) is 0 Å². The number of nitrogens with zero attached hydrogens (tertiary/aromatic N) is 1. The largest absolute Gasteiger partial charge is 0.280 e. The first kappa shape index (κ1) is 13.3. The Bertz CT molecular complexity index is 680. The number of benzene rings is 1. The number of aryl methyl sites for hydroxylation is 1. The minimum Gasteiger partial charge on any atom is -0.280 e. The van der Waals surface area contributed by atoms with Crippen LogP contribution >= 0.6 is 0 Å². The third kappa shape index (κ3) is 4.22. The molecule has 4 nitrogen and oxygen atoms in total. The molecule has 0 atom stereocenters. The zero-order valence-corrected chi connectivity index (χ0v) is 11.3. The van der Waals surface area contributed by atoms with Crippen molar-refractivity contribution in [1.82, 2.24) is 4.98 Å². The van der Waals surface area contributed by atoms with E-state index in [1.54, 1.807) is 31.3 Å². The molecule has 2 aromatic rings. The van der Waals surface area contributed by atoms with E-state index < -0.39 is 10.0 Å². The molecule has 0 aliphatic heterocycles. The molecule has 0 fully saturated rings. The predicted octanol–water partition coefficient (Wildman–Crippen LogP) is 2.80. The van der Waals surface area contributed by atoms with Crippen molar-refractivity contribution in [1.29, 1.82) is 0 Å². The van der Waals surface area contributed by atoms with Gasteiger partial charge < -0.3 is 0 Å². The molecule has 1 aromatic heterocycles. The maximum absolute atomic E-state index is 11.9. The van der Waals surface area contributed by atoms with Crippen LogP contribution in [0.1, 0.15) is 11.3 Å². The highest BCUT2D eigenvalue weighted by molar-refractivity contribution is 7.95. The summed E-state index contributed by atoms with van der Waals surface area (Å²) in [7, 11) is -3.51. The number of anilines is 1. The minimum atomic E-state index is -3.51. The first-order valence-corrected chi connectivity index (χ1v) is 7.28. The normalized spacial score (nSPS) is 11.6. The van der Waals surface area contributed by atoms with Crippen molar-refractivity contribution in [3.05, 3.63) is 65.3 Å². The summed E-state index contributed by atoms with van der Waals surface area (Å²) in [5.41, 5.74) is 2.09. The number of rotatable bonds is 4. The number of pyridine rings is 1. The Hall–Kier alpha value is -2.14. The molecule has 0 spiro atoms. The Labute approximate surface area is 112 Å². The van der Waals surface area contributed by atoms with Crippen LogP contribution in [0.3, 0.4) is 0 Å². The Morgan fingerprint density at radius 2 is 1.89 bits per heavy atom. The van der Waals surface area contributed by atoms with E-state index in [0.29, 0.717) is 5.69 Å². The van der Waals surface area contributed by atoms with Crippen molar-refractivity contribution >= 4 is 21.8 Å². The quantitative estimate of drug-likeness (QED) is 0.932. The molecule has 5 heteroatoms. The lowest BCUT2D eigenvalue weighted by Crippen LogP contribution is -2.09. The summed E-state index contributed by atoms with van der Waals surface area (Å²) in [6.07, 6.45) is 3.12. The van der Waals surface area contributed by atoms with Gasteiger partial charge in [0.05, 0.1) is 11.1 Å². The topological polar surface area (TPSA) is 59.1 Å². The summed E-state index contributed by atoms with van der Waals surface area (Å²) >= 11 is 0. The number of nitrogens with one attached hydrogen (secondary N) is 1. The van der Waals surface area contributed by atoms with Gasteiger partial charge in [-0.2, -0.15) is 0 Å². The molecule has 0 unspecified atom stereocenters. The van der Waals surface area contributed by atoms with E-state index in [4.69, 9.17) is 0 Å². The summed E-state index contributed by atoms with van der Waals surface area (Å²) in [5, 5.41) is 1.15. The van der Waals surface area contributed by atoms with Crippen LogP contribution < -0.4 is 4.72 Å². The summed E-state index contributed by atoms with van der Waals surface area (Å²) < 4.78 is 26.2. The van der Waals surface area contributed by atoms with Gasteiger partial charge in [0.1, 0.15) is 0 Å². The van der Waals surface area contributed by atoms with Gasteiger partial charge in [0.2, 0.25) is 0 Å². The third-order valence-electron chi connectivity index (χ3n) is 2.40. The van der Waals surface area contributed by atoms with E-state index in [0.717, 1.165) is 16.7 Å². The summed E-state index contributed by atoms with van der Waals surface area (Å²) in [5.74, 6) is 0. The monoisotopic (exact) mass is 274 g/mol. The van der Waals surface area contributed by atoms with Crippen LogP contribution in [0.15, 0.2) is 54.1 Å². The number of sulfonamides is 1. The maximum Gasteiger partial charge on any atom is 0.255 e. The highest BCUT2D eigenvalue weighted by Gasteiger charge is 2.05. The highest BCUT2D eigenvalue weighted by atomic mass is 32.2. The summed E-state index contributed by atoms with van der Waals surface area (Å²) in [4.78, 5) is 4.01. The average molecular weight is 274 g/mol. The second-order valence-electron chi connectivity index (χ2n) is 4.05. The van der Waals surface area contributed by atoms with Crippen LogP contribution in [-0.4, -0.2) is 13.4 Å². The van der Waals surface area contributed by atoms with Crippen LogP contribution in [0.25, 0.3) is 6.08 Å². The maximum atomic E-state index is 11.9. The zero-order chi connectivity index (χ0) is 13.7. The Morgan fingerprint density at radius 3 is 2.58 bits per heavy atom. The minimum absolute atomic E-state index is 0.505. The third-order valence-corrected chi connectivity index (χ3v) is 3.41. The molecule has 0 aliphatic rings. The van der Waals surface area contributed by atoms with Gasteiger partial charge in [-0.15, -0.1) is 0 Å². The molecule has 0 saturated heterocycles. The van der Waals surface area contributed by atoms with E-state index >= 15 is 0 Å². The van der Waals surface area contributed by atoms with E-state index in [1.165, 1.54) is 0 Å². The van der Waals surface area contributed by atoms with Crippen molar-refractivity contribution in [2.75, 3.05) is 4.72 Å². The van der Waals surface area contributed by atoms with Gasteiger partial charge in [0, 0.05) is 11.9 Å². The van der Waals surface area contributed by atoms with E-state index in [-0.39, 0.29) is 0 Å². The Balaban J connectivity index is 2.13. The standard InChI is InChI=1S/C14H14N2O2S/c1-12-11-14(7-9-15-12)16-19(17,18)10-8-13-5-3-2-4-6-13/h2-11H,1H3,(H,15,16)/b10-8-. The van der Waals surface area contributed by atoms with Gasteiger partial charge in [-0.1, -0.05) is 30.3 Å². The van der Waals surface area contributed by atoms with Crippen LogP contribution in [-0.2, 0) is 10.0 Å². The van der Waals surface area contributed by atoms with Gasteiger partial charge in [-0.3, -0.25) is 9.71 Å². The fourth-order valence-corrected chi connectivity index (χ4v) is 2.40. The number of aromatic nitrogens is 1. The fraction of sp³-hybridized carbons (Fsp3) is 0.0714. The van der Waals surface area contributed by atoms with Gasteiger partial charge >= 0.3 is 0 Å². The molecule has 0 saturated carbocycles. The first-order chi connectivity index (χ1) is 9.05. The molecule has 98 valence electrons. The van der Waals surface area contributed by atoms with E-state index in [9.17, 15) is 8.42 Å². The first-order valence-electron chi connectivity index (χ1n) is 5.74. The second-order valence-corrected chi connectivity index (χ2v) is 5.61. The molecule has 0 amide bonds. The smallest absolute Gasteiger partial charge is 0.255 e. The molecule has 0 bridgehead atoms. The Morgan fingerprint density at radius 1 is 1.16 bits per heavy atom. The van der Waals surface area contributed by atoms with E-state index in [1.807, 2.05) is 30.3 Å². The lowest BCUT2D eigenvalue weighted by Gasteiger charge is -2.04. The van der Waals surface area contributed by atoms with Crippen molar-refractivity contribution in [3.8, 4) is 0 Å². The predicted molar refractivity (Wildman–Crippen MR) is 77.0 cm³/mol. The molecule has 1 N–H and O–H groups in total.